The lowest BCUT2D eigenvalue weighted by Gasteiger charge is -2.15. The third-order valence-electron chi connectivity index (χ3n) is 3.11. The first-order valence-electron chi connectivity index (χ1n) is 5.98. The second kappa shape index (κ2) is 4.70. The van der Waals surface area contributed by atoms with Gasteiger partial charge in [-0.1, -0.05) is 6.07 Å². The number of aromatic nitrogens is 2. The molecule has 2 N–H and O–H groups in total. The van der Waals surface area contributed by atoms with Gasteiger partial charge in [0.1, 0.15) is 6.54 Å². The fourth-order valence-electron chi connectivity index (χ4n) is 2.15. The van der Waals surface area contributed by atoms with Crippen LogP contribution in [0.5, 0.6) is 0 Å². The molecule has 0 saturated carbocycles. The second-order valence-electron chi connectivity index (χ2n) is 4.26. The van der Waals surface area contributed by atoms with Crippen LogP contribution in [0.3, 0.4) is 0 Å². The molecule has 0 amide bonds. The van der Waals surface area contributed by atoms with Gasteiger partial charge in [-0.2, -0.15) is 10.2 Å². The summed E-state index contributed by atoms with van der Waals surface area (Å²) in [7, 11) is 0. The van der Waals surface area contributed by atoms with E-state index in [1.165, 1.54) is 0 Å². The summed E-state index contributed by atoms with van der Waals surface area (Å²) < 4.78 is 0. The number of fused-ring (bicyclic) bond motifs is 1. The number of Topliss-reactive ketones (excluding diaryl/α,β-unsaturated/α-hetero) is 1. The minimum Gasteiger partial charge on any atom is -0.325 e. The number of aliphatic imine (C=N–C) groups is 1. The Labute approximate surface area is 110 Å². The number of rotatable bonds is 2. The first-order valence-corrected chi connectivity index (χ1v) is 5.98. The number of ketones is 1. The van der Waals surface area contributed by atoms with E-state index in [4.69, 9.17) is 5.73 Å². The topological polar surface area (TPSA) is 81.2 Å². The van der Waals surface area contributed by atoms with Gasteiger partial charge in [0, 0.05) is 29.4 Å². The lowest BCUT2D eigenvalue weighted by molar-refractivity contribution is 0.1000. The van der Waals surface area contributed by atoms with Gasteiger partial charge in [0.25, 0.3) is 0 Å². The van der Waals surface area contributed by atoms with E-state index >= 15 is 0 Å². The van der Waals surface area contributed by atoms with E-state index in [1.54, 1.807) is 6.20 Å². The third kappa shape index (κ3) is 2.04. The van der Waals surface area contributed by atoms with Gasteiger partial charge < -0.3 is 5.73 Å². The highest BCUT2D eigenvalue weighted by Crippen LogP contribution is 2.23. The molecule has 1 aliphatic heterocycles. The van der Waals surface area contributed by atoms with Crippen molar-refractivity contribution in [2.75, 3.05) is 13.1 Å². The number of carbonyl (C=O) groups is 1. The average Bonchev–Trinajstić information content (AvgIpc) is 2.48. The molecule has 0 saturated heterocycles. The Morgan fingerprint density at radius 1 is 1.21 bits per heavy atom. The van der Waals surface area contributed by atoms with E-state index in [9.17, 15) is 4.79 Å². The van der Waals surface area contributed by atoms with Crippen LogP contribution in [0.2, 0.25) is 0 Å². The van der Waals surface area contributed by atoms with Crippen LogP contribution in [-0.4, -0.2) is 34.8 Å². The summed E-state index contributed by atoms with van der Waals surface area (Å²) in [4.78, 5) is 16.0. The van der Waals surface area contributed by atoms with Crippen molar-refractivity contribution in [3.8, 4) is 11.3 Å². The van der Waals surface area contributed by atoms with Crippen molar-refractivity contribution in [1.82, 2.24) is 10.2 Å². The number of carbonyl (C=O) groups excluding carboxylic acids is 1. The molecule has 3 rings (SSSR count). The number of hydrogen-bond acceptors (Lipinski definition) is 5. The molecule has 5 heteroatoms. The fraction of sp³-hybridized carbons (Fsp3) is 0.143. The zero-order valence-corrected chi connectivity index (χ0v) is 10.2. The van der Waals surface area contributed by atoms with Gasteiger partial charge >= 0.3 is 0 Å². The predicted molar refractivity (Wildman–Crippen MR) is 72.3 cm³/mol. The molecule has 0 radical (unpaired) electrons. The Kier molecular flexibility index (Phi) is 2.89. The van der Waals surface area contributed by atoms with E-state index in [2.05, 4.69) is 15.2 Å². The molecule has 1 aromatic heterocycles. The molecule has 0 unspecified atom stereocenters. The van der Waals surface area contributed by atoms with Gasteiger partial charge in [-0.3, -0.25) is 9.79 Å². The van der Waals surface area contributed by atoms with Gasteiger partial charge in [0.05, 0.1) is 11.4 Å². The predicted octanol–water partition coefficient (Wildman–Crippen LogP) is 1.09. The molecular weight excluding hydrogens is 240 g/mol. The van der Waals surface area contributed by atoms with Crippen LogP contribution < -0.4 is 5.73 Å². The van der Waals surface area contributed by atoms with Crippen LogP contribution in [0, 0.1) is 0 Å². The summed E-state index contributed by atoms with van der Waals surface area (Å²) in [5.74, 6) is 0.0258. The van der Waals surface area contributed by atoms with E-state index in [-0.39, 0.29) is 12.3 Å². The van der Waals surface area contributed by atoms with Gasteiger partial charge in [0.15, 0.2) is 5.78 Å². The maximum absolute atomic E-state index is 11.8. The van der Waals surface area contributed by atoms with Crippen molar-refractivity contribution < 1.29 is 4.79 Å². The highest BCUT2D eigenvalue weighted by atomic mass is 16.1. The van der Waals surface area contributed by atoms with Crippen molar-refractivity contribution in [1.29, 1.82) is 0 Å². The summed E-state index contributed by atoms with van der Waals surface area (Å²) in [6, 6.07) is 9.29. The van der Waals surface area contributed by atoms with Gasteiger partial charge in [0.2, 0.25) is 0 Å². The molecule has 1 aromatic carbocycles. The molecule has 0 atom stereocenters. The molecule has 0 bridgehead atoms. The van der Waals surface area contributed by atoms with Crippen molar-refractivity contribution >= 4 is 11.5 Å². The number of nitrogens with two attached hydrogens (primary N) is 1. The van der Waals surface area contributed by atoms with Gasteiger partial charge in [-0.05, 0) is 24.3 Å². The highest BCUT2D eigenvalue weighted by molar-refractivity contribution is 6.16. The Hall–Kier alpha value is -2.40. The van der Waals surface area contributed by atoms with Crippen molar-refractivity contribution in [3.63, 3.8) is 0 Å². The van der Waals surface area contributed by atoms with Gasteiger partial charge in [-0.15, -0.1) is 0 Å². The van der Waals surface area contributed by atoms with Crippen LogP contribution in [0.15, 0.2) is 41.5 Å². The lowest BCUT2D eigenvalue weighted by Crippen LogP contribution is -2.24. The van der Waals surface area contributed by atoms with Crippen molar-refractivity contribution in [2.45, 2.75) is 0 Å². The average molecular weight is 252 g/mol. The van der Waals surface area contributed by atoms with Crippen molar-refractivity contribution in [2.24, 2.45) is 10.7 Å². The number of nitrogens with zero attached hydrogens (tertiary/aromatic N) is 3. The minimum atomic E-state index is 0.0258. The fourth-order valence-corrected chi connectivity index (χ4v) is 2.15. The van der Waals surface area contributed by atoms with E-state index in [0.717, 1.165) is 22.5 Å². The van der Waals surface area contributed by atoms with Crippen LogP contribution >= 0.6 is 0 Å². The second-order valence-corrected chi connectivity index (χ2v) is 4.26. The van der Waals surface area contributed by atoms with E-state index in [1.807, 2.05) is 30.3 Å². The molecule has 5 nitrogen and oxygen atoms in total. The monoisotopic (exact) mass is 252 g/mol. The van der Waals surface area contributed by atoms with Crippen molar-refractivity contribution in [3.05, 3.63) is 47.7 Å². The first-order chi connectivity index (χ1) is 9.29. The number of benzene rings is 1. The Morgan fingerprint density at radius 3 is 2.84 bits per heavy atom. The Bertz CT molecular complexity index is 664. The largest absolute Gasteiger partial charge is 0.325 e. The van der Waals surface area contributed by atoms with Crippen LogP contribution in [-0.2, 0) is 0 Å². The molecule has 2 heterocycles. The SMILES string of the molecule is NCC1=NCC(=O)c2ccc(-c3cccnn3)cc21. The summed E-state index contributed by atoms with van der Waals surface area (Å²) in [6.45, 7) is 0.508. The highest BCUT2D eigenvalue weighted by Gasteiger charge is 2.20. The van der Waals surface area contributed by atoms with Crippen LogP contribution in [0.1, 0.15) is 15.9 Å². The van der Waals surface area contributed by atoms with Gasteiger partial charge in [-0.25, -0.2) is 0 Å². The molecule has 94 valence electrons. The summed E-state index contributed by atoms with van der Waals surface area (Å²) in [6.07, 6.45) is 1.62. The third-order valence-corrected chi connectivity index (χ3v) is 3.11. The molecule has 2 aromatic rings. The summed E-state index contributed by atoms with van der Waals surface area (Å²) in [5, 5.41) is 7.92. The minimum absolute atomic E-state index is 0.0258. The summed E-state index contributed by atoms with van der Waals surface area (Å²) >= 11 is 0. The quantitative estimate of drug-likeness (QED) is 0.867. The molecule has 0 fully saturated rings. The lowest BCUT2D eigenvalue weighted by atomic mass is 9.94. The first kappa shape index (κ1) is 11.7. The Balaban J connectivity index is 2.14. The maximum Gasteiger partial charge on any atom is 0.184 e. The van der Waals surface area contributed by atoms with Crippen LogP contribution in [0.4, 0.5) is 0 Å². The normalized spacial score (nSPS) is 13.9. The molecule has 0 spiro atoms. The summed E-state index contributed by atoms with van der Waals surface area (Å²) in [5.41, 5.74) is 9.61. The zero-order valence-electron chi connectivity index (χ0n) is 10.2. The van der Waals surface area contributed by atoms with Crippen LogP contribution in [0.25, 0.3) is 11.3 Å². The number of hydrogen-bond donors (Lipinski definition) is 1. The maximum atomic E-state index is 11.8. The molecule has 1 aliphatic rings. The standard InChI is InChI=1S/C14H12N4O/c15-7-13-11-6-9(12-2-1-5-17-18-12)3-4-10(11)14(19)8-16-13/h1-6H,7-8,15H2. The molecular formula is C14H12N4O. The Morgan fingerprint density at radius 2 is 2.11 bits per heavy atom. The smallest absolute Gasteiger partial charge is 0.184 e. The molecule has 0 aliphatic carbocycles. The van der Waals surface area contributed by atoms with E-state index < -0.39 is 0 Å². The van der Waals surface area contributed by atoms with E-state index in [0.29, 0.717) is 12.1 Å². The molecule has 19 heavy (non-hydrogen) atoms. The zero-order chi connectivity index (χ0) is 13.2.